The first-order valence-electron chi connectivity index (χ1n) is 11.3. The van der Waals surface area contributed by atoms with Gasteiger partial charge in [-0.25, -0.2) is 9.59 Å². The lowest BCUT2D eigenvalue weighted by Crippen LogP contribution is -2.59. The highest BCUT2D eigenvalue weighted by molar-refractivity contribution is 5.91. The van der Waals surface area contributed by atoms with Crippen LogP contribution in [0.3, 0.4) is 0 Å². The summed E-state index contributed by atoms with van der Waals surface area (Å²) in [7, 11) is 0. The molecule has 0 aromatic heterocycles. The Labute approximate surface area is 194 Å². The van der Waals surface area contributed by atoms with Gasteiger partial charge in [-0.15, -0.1) is 0 Å². The van der Waals surface area contributed by atoms with E-state index in [1.54, 1.807) is 20.8 Å². The molecule has 0 fully saturated rings. The highest BCUT2D eigenvalue weighted by Crippen LogP contribution is 2.44. The molecule has 0 radical (unpaired) electrons. The summed E-state index contributed by atoms with van der Waals surface area (Å²) in [6.45, 7) is 8.60. The number of hydrogen-bond donors (Lipinski definition) is 2. The number of alkyl carbamates (subject to hydrolysis) is 1. The summed E-state index contributed by atoms with van der Waals surface area (Å²) in [6, 6.07) is 15.2. The van der Waals surface area contributed by atoms with Gasteiger partial charge in [0.25, 0.3) is 0 Å². The van der Waals surface area contributed by atoms with Crippen molar-refractivity contribution in [2.24, 2.45) is 5.92 Å². The van der Waals surface area contributed by atoms with Crippen LogP contribution in [-0.2, 0) is 14.3 Å². The van der Waals surface area contributed by atoms with Crippen LogP contribution in [0.2, 0.25) is 0 Å². The number of carbonyl (C=O) groups is 3. The molecule has 1 aliphatic rings. The summed E-state index contributed by atoms with van der Waals surface area (Å²) in [5, 5.41) is 12.2. The molecule has 7 heteroatoms. The second-order valence-corrected chi connectivity index (χ2v) is 9.14. The second kappa shape index (κ2) is 9.65. The maximum Gasteiger partial charge on any atom is 0.407 e. The first kappa shape index (κ1) is 24.3. The van der Waals surface area contributed by atoms with Crippen LogP contribution >= 0.6 is 0 Å². The van der Waals surface area contributed by atoms with Crippen LogP contribution in [0.4, 0.5) is 4.79 Å². The number of nitrogens with zero attached hydrogens (tertiary/aromatic N) is 1. The number of nitrogens with one attached hydrogen (secondary N) is 1. The third-order valence-corrected chi connectivity index (χ3v) is 6.33. The van der Waals surface area contributed by atoms with Crippen molar-refractivity contribution in [2.75, 3.05) is 13.2 Å². The average Bonchev–Trinajstić information content (AvgIpc) is 3.09. The molecule has 1 aliphatic carbocycles. The fourth-order valence-electron chi connectivity index (χ4n) is 4.39. The van der Waals surface area contributed by atoms with E-state index >= 15 is 0 Å². The van der Waals surface area contributed by atoms with Crippen LogP contribution in [0.1, 0.15) is 51.7 Å². The number of carbonyl (C=O) groups excluding carboxylic acids is 2. The number of benzene rings is 2. The highest BCUT2D eigenvalue weighted by Gasteiger charge is 2.41. The van der Waals surface area contributed by atoms with Crippen LogP contribution in [0.5, 0.6) is 0 Å². The predicted octanol–water partition coefficient (Wildman–Crippen LogP) is 4.26. The van der Waals surface area contributed by atoms with E-state index in [2.05, 4.69) is 17.4 Å². The number of amides is 2. The molecule has 2 aromatic carbocycles. The monoisotopic (exact) mass is 452 g/mol. The number of ether oxygens (including phenoxy) is 1. The fourth-order valence-corrected chi connectivity index (χ4v) is 4.39. The number of rotatable bonds is 8. The van der Waals surface area contributed by atoms with E-state index in [0.717, 1.165) is 22.3 Å². The van der Waals surface area contributed by atoms with Crippen LogP contribution in [-0.4, -0.2) is 52.7 Å². The molecule has 3 rings (SSSR count). The number of fused-ring (bicyclic) bond motifs is 3. The minimum atomic E-state index is -1.40. The Morgan fingerprint density at radius 3 is 2.00 bits per heavy atom. The quantitative estimate of drug-likeness (QED) is 0.624. The van der Waals surface area contributed by atoms with E-state index in [-0.39, 0.29) is 25.0 Å². The van der Waals surface area contributed by atoms with Gasteiger partial charge in [-0.3, -0.25) is 4.79 Å². The molecule has 0 bridgehead atoms. The van der Waals surface area contributed by atoms with Gasteiger partial charge in [-0.05, 0) is 48.9 Å². The summed E-state index contributed by atoms with van der Waals surface area (Å²) in [6.07, 6.45) is -0.701. The number of aliphatic carboxylic acids is 1. The Hall–Kier alpha value is -3.35. The van der Waals surface area contributed by atoms with Gasteiger partial charge in [-0.2, -0.15) is 0 Å². The molecule has 33 heavy (non-hydrogen) atoms. The summed E-state index contributed by atoms with van der Waals surface area (Å²) in [5.41, 5.74) is 3.06. The zero-order chi connectivity index (χ0) is 24.3. The van der Waals surface area contributed by atoms with Gasteiger partial charge in [-0.1, -0.05) is 62.4 Å². The highest BCUT2D eigenvalue weighted by atomic mass is 16.5. The van der Waals surface area contributed by atoms with Crippen molar-refractivity contribution < 1.29 is 24.2 Å². The zero-order valence-electron chi connectivity index (χ0n) is 19.8. The molecule has 0 heterocycles. The molecule has 0 unspecified atom stereocenters. The van der Waals surface area contributed by atoms with E-state index in [0.29, 0.717) is 0 Å². The topological polar surface area (TPSA) is 95.9 Å². The van der Waals surface area contributed by atoms with Gasteiger partial charge < -0.3 is 20.1 Å². The lowest BCUT2D eigenvalue weighted by atomic mass is 9.97. The Morgan fingerprint density at radius 1 is 1.03 bits per heavy atom. The van der Waals surface area contributed by atoms with E-state index in [1.165, 1.54) is 18.7 Å². The molecule has 0 saturated carbocycles. The SMILES string of the molecule is CCN(C(=O)[C@H](NC(=O)OCC1c2ccccc2-c2ccccc21)C(C)C)C(C)(C)C(=O)O. The van der Waals surface area contributed by atoms with Crippen LogP contribution in [0.25, 0.3) is 11.1 Å². The summed E-state index contributed by atoms with van der Waals surface area (Å²) >= 11 is 0. The number of likely N-dealkylation sites (N-methyl/N-ethyl adjacent to an activating group) is 1. The summed E-state index contributed by atoms with van der Waals surface area (Å²) in [4.78, 5) is 38.9. The normalized spacial score (nSPS) is 13.8. The van der Waals surface area contributed by atoms with Crippen LogP contribution in [0.15, 0.2) is 48.5 Å². The zero-order valence-corrected chi connectivity index (χ0v) is 19.8. The molecule has 0 saturated heterocycles. The maximum atomic E-state index is 13.2. The molecule has 0 spiro atoms. The van der Waals surface area contributed by atoms with Crippen molar-refractivity contribution in [3.05, 3.63) is 59.7 Å². The molecule has 2 amide bonds. The molecule has 7 nitrogen and oxygen atoms in total. The molecular formula is C26H32N2O5. The predicted molar refractivity (Wildman–Crippen MR) is 126 cm³/mol. The maximum absolute atomic E-state index is 13.2. The molecular weight excluding hydrogens is 420 g/mol. The minimum Gasteiger partial charge on any atom is -0.480 e. The molecule has 2 aromatic rings. The largest absolute Gasteiger partial charge is 0.480 e. The number of carboxylic acids is 1. The van der Waals surface area contributed by atoms with Gasteiger partial charge in [0, 0.05) is 12.5 Å². The molecule has 0 aliphatic heterocycles. The first-order chi connectivity index (χ1) is 15.6. The first-order valence-corrected chi connectivity index (χ1v) is 11.3. The Balaban J connectivity index is 1.73. The third kappa shape index (κ3) is 4.72. The van der Waals surface area contributed by atoms with Crippen molar-refractivity contribution in [2.45, 2.75) is 52.1 Å². The van der Waals surface area contributed by atoms with Crippen molar-refractivity contribution >= 4 is 18.0 Å². The Kier molecular flexibility index (Phi) is 7.10. The van der Waals surface area contributed by atoms with E-state index < -0.39 is 29.6 Å². The van der Waals surface area contributed by atoms with Crippen molar-refractivity contribution in [1.29, 1.82) is 0 Å². The molecule has 176 valence electrons. The minimum absolute atomic E-state index is 0.0885. The van der Waals surface area contributed by atoms with Gasteiger partial charge in [0.2, 0.25) is 5.91 Å². The van der Waals surface area contributed by atoms with Crippen LogP contribution in [0, 0.1) is 5.92 Å². The van der Waals surface area contributed by atoms with E-state index in [9.17, 15) is 19.5 Å². The Bertz CT molecular complexity index is 1000. The fraction of sp³-hybridized carbons (Fsp3) is 0.423. The number of carboxylic acid groups (broad SMARTS) is 1. The van der Waals surface area contributed by atoms with Gasteiger partial charge in [0.15, 0.2) is 0 Å². The third-order valence-electron chi connectivity index (χ3n) is 6.33. The van der Waals surface area contributed by atoms with Gasteiger partial charge >= 0.3 is 12.1 Å². The van der Waals surface area contributed by atoms with E-state index in [1.807, 2.05) is 36.4 Å². The van der Waals surface area contributed by atoms with Crippen molar-refractivity contribution in [3.63, 3.8) is 0 Å². The van der Waals surface area contributed by atoms with Gasteiger partial charge in [0.1, 0.15) is 18.2 Å². The van der Waals surface area contributed by atoms with Crippen LogP contribution < -0.4 is 5.32 Å². The van der Waals surface area contributed by atoms with E-state index in [4.69, 9.17) is 4.74 Å². The summed E-state index contributed by atoms with van der Waals surface area (Å²) in [5.74, 6) is -1.90. The smallest absolute Gasteiger partial charge is 0.407 e. The lowest BCUT2D eigenvalue weighted by Gasteiger charge is -2.37. The Morgan fingerprint density at radius 2 is 1.55 bits per heavy atom. The lowest BCUT2D eigenvalue weighted by molar-refractivity contribution is -0.158. The summed E-state index contributed by atoms with van der Waals surface area (Å²) < 4.78 is 5.58. The second-order valence-electron chi connectivity index (χ2n) is 9.14. The van der Waals surface area contributed by atoms with Gasteiger partial charge in [0.05, 0.1) is 0 Å². The average molecular weight is 453 g/mol. The standard InChI is InChI=1S/C26H32N2O5/c1-6-28(26(4,5)24(30)31)23(29)22(16(2)3)27-25(32)33-15-21-19-13-9-7-11-17(19)18-12-8-10-14-20(18)21/h7-14,16,21-22H,6,15H2,1-5H3,(H,27,32)(H,30,31)/t22-/m1/s1. The molecule has 1 atom stereocenters. The van der Waals surface area contributed by atoms with Crippen molar-refractivity contribution in [1.82, 2.24) is 10.2 Å². The van der Waals surface area contributed by atoms with Crippen molar-refractivity contribution in [3.8, 4) is 11.1 Å². The molecule has 2 N–H and O–H groups in total. The number of hydrogen-bond acceptors (Lipinski definition) is 4.